The van der Waals surface area contributed by atoms with Crippen LogP contribution in [-0.4, -0.2) is 59.7 Å². The number of amides is 3. The van der Waals surface area contributed by atoms with Gasteiger partial charge in [-0.2, -0.15) is 0 Å². The number of hydrogen-bond donors (Lipinski definition) is 0. The van der Waals surface area contributed by atoms with Gasteiger partial charge in [0.2, 0.25) is 5.91 Å². The smallest absolute Gasteiger partial charge is 0.294 e. The number of rotatable bonds is 6. The van der Waals surface area contributed by atoms with Gasteiger partial charge in [0, 0.05) is 28.7 Å². The highest BCUT2D eigenvalue weighted by Gasteiger charge is 2.37. The number of nitrogens with zero attached hydrogens (tertiary/aromatic N) is 2. The van der Waals surface area contributed by atoms with Crippen LogP contribution in [0.2, 0.25) is 10.0 Å². The van der Waals surface area contributed by atoms with E-state index in [2.05, 4.69) is 0 Å². The molecular weight excluding hydrogens is 487 g/mol. The number of carbonyl (C=O) groups is 3. The van der Waals surface area contributed by atoms with E-state index in [4.69, 9.17) is 32.7 Å². The summed E-state index contributed by atoms with van der Waals surface area (Å²) < 4.78 is 11.1. The average molecular weight is 507 g/mol. The highest BCUT2D eigenvalue weighted by atomic mass is 35.5. The molecule has 2 aromatic rings. The van der Waals surface area contributed by atoms with Crippen molar-refractivity contribution in [2.24, 2.45) is 0 Å². The molecular formula is C23H20Cl2N2O5S. The normalized spacial score (nSPS) is 17.7. The van der Waals surface area contributed by atoms with Crippen LogP contribution in [0.5, 0.6) is 5.75 Å². The lowest BCUT2D eigenvalue weighted by Crippen LogP contribution is -2.46. The molecule has 0 saturated carbocycles. The number of hydrogen-bond acceptors (Lipinski definition) is 6. The van der Waals surface area contributed by atoms with Crippen molar-refractivity contribution >= 4 is 58.1 Å². The Hall–Kier alpha value is -2.52. The van der Waals surface area contributed by atoms with Gasteiger partial charge in [0.1, 0.15) is 18.9 Å². The van der Waals surface area contributed by atoms with Crippen LogP contribution < -0.4 is 4.74 Å². The van der Waals surface area contributed by atoms with Crippen LogP contribution in [0.4, 0.5) is 4.79 Å². The molecule has 172 valence electrons. The number of thioether (sulfide) groups is 1. The first-order valence-electron chi connectivity index (χ1n) is 10.2. The monoisotopic (exact) mass is 506 g/mol. The summed E-state index contributed by atoms with van der Waals surface area (Å²) in [4.78, 5) is 40.4. The minimum Gasteiger partial charge on any atom is -0.489 e. The molecule has 0 atom stereocenters. The zero-order valence-corrected chi connectivity index (χ0v) is 19.8. The van der Waals surface area contributed by atoms with E-state index in [-0.39, 0.29) is 24.0 Å². The highest BCUT2D eigenvalue weighted by Crippen LogP contribution is 2.33. The second kappa shape index (κ2) is 10.6. The van der Waals surface area contributed by atoms with Gasteiger partial charge < -0.3 is 14.4 Å². The van der Waals surface area contributed by atoms with Crippen molar-refractivity contribution in [3.63, 3.8) is 0 Å². The molecule has 7 nitrogen and oxygen atoms in total. The van der Waals surface area contributed by atoms with Crippen LogP contribution in [0.15, 0.2) is 47.4 Å². The van der Waals surface area contributed by atoms with E-state index in [0.29, 0.717) is 47.7 Å². The Kier molecular flexibility index (Phi) is 7.60. The lowest BCUT2D eigenvalue weighted by molar-refractivity contribution is -0.139. The standard InChI is InChI=1S/C23H20Cl2N2O5S/c24-17-5-4-16(19(25)12-17)14-32-18-3-1-2-15(10-18)11-20-22(29)27(23(30)33-20)13-21(28)26-6-8-31-9-7-26/h1-5,10-12H,6-9,13-14H2/b20-11-. The van der Waals surface area contributed by atoms with Crippen molar-refractivity contribution in [3.05, 3.63) is 68.5 Å². The van der Waals surface area contributed by atoms with E-state index in [1.807, 2.05) is 0 Å². The largest absolute Gasteiger partial charge is 0.489 e. The molecule has 2 fully saturated rings. The van der Waals surface area contributed by atoms with Crippen LogP contribution in [0, 0.1) is 0 Å². The SMILES string of the molecule is O=C(CN1C(=O)S/C(=C\c2cccc(OCc3ccc(Cl)cc3Cl)c2)C1=O)N1CCOCC1. The predicted octanol–water partition coefficient (Wildman–Crippen LogP) is 4.47. The molecule has 0 aliphatic carbocycles. The number of ether oxygens (including phenoxy) is 2. The van der Waals surface area contributed by atoms with Gasteiger partial charge >= 0.3 is 0 Å². The Morgan fingerprint density at radius 1 is 1.12 bits per heavy atom. The number of halogens is 2. The minimum absolute atomic E-state index is 0.250. The summed E-state index contributed by atoms with van der Waals surface area (Å²) >= 11 is 12.9. The molecule has 10 heteroatoms. The van der Waals surface area contributed by atoms with Crippen molar-refractivity contribution < 1.29 is 23.9 Å². The van der Waals surface area contributed by atoms with Gasteiger partial charge in [0.15, 0.2) is 0 Å². The van der Waals surface area contributed by atoms with Crippen LogP contribution in [0.3, 0.4) is 0 Å². The highest BCUT2D eigenvalue weighted by molar-refractivity contribution is 8.18. The molecule has 0 unspecified atom stereocenters. The maximum Gasteiger partial charge on any atom is 0.294 e. The lowest BCUT2D eigenvalue weighted by atomic mass is 10.2. The van der Waals surface area contributed by atoms with Crippen LogP contribution in [0.25, 0.3) is 6.08 Å². The number of benzene rings is 2. The lowest BCUT2D eigenvalue weighted by Gasteiger charge is -2.28. The Morgan fingerprint density at radius 2 is 1.91 bits per heavy atom. The summed E-state index contributed by atoms with van der Waals surface area (Å²) in [5.41, 5.74) is 1.48. The third-order valence-corrected chi connectivity index (χ3v) is 6.59. The Morgan fingerprint density at radius 3 is 2.67 bits per heavy atom. The Balaban J connectivity index is 1.41. The van der Waals surface area contributed by atoms with Gasteiger partial charge in [-0.25, -0.2) is 0 Å². The fourth-order valence-corrected chi connectivity index (χ4v) is 4.63. The molecule has 0 bridgehead atoms. The Bertz CT molecular complexity index is 1120. The predicted molar refractivity (Wildman–Crippen MR) is 127 cm³/mol. The summed E-state index contributed by atoms with van der Waals surface area (Å²) in [6.45, 7) is 1.80. The van der Waals surface area contributed by atoms with E-state index in [9.17, 15) is 14.4 Å². The van der Waals surface area contributed by atoms with Gasteiger partial charge in [-0.05, 0) is 47.7 Å². The molecule has 2 aromatic carbocycles. The molecule has 2 aliphatic rings. The van der Waals surface area contributed by atoms with Crippen LogP contribution in [-0.2, 0) is 20.9 Å². The molecule has 0 aromatic heterocycles. The molecule has 0 spiro atoms. The van der Waals surface area contributed by atoms with Crippen LogP contribution in [0.1, 0.15) is 11.1 Å². The van der Waals surface area contributed by atoms with E-state index >= 15 is 0 Å². The summed E-state index contributed by atoms with van der Waals surface area (Å²) in [6, 6.07) is 12.3. The number of morpholine rings is 1. The van der Waals surface area contributed by atoms with E-state index < -0.39 is 11.1 Å². The minimum atomic E-state index is -0.481. The van der Waals surface area contributed by atoms with Crippen molar-refractivity contribution in [1.29, 1.82) is 0 Å². The van der Waals surface area contributed by atoms with Gasteiger partial charge in [0.05, 0.1) is 18.1 Å². The van der Waals surface area contributed by atoms with Crippen molar-refractivity contribution in [1.82, 2.24) is 9.80 Å². The third kappa shape index (κ3) is 5.89. The summed E-state index contributed by atoms with van der Waals surface area (Å²) in [5, 5.41) is 0.600. The van der Waals surface area contributed by atoms with Crippen molar-refractivity contribution in [2.75, 3.05) is 32.8 Å². The second-order valence-corrected chi connectivity index (χ2v) is 9.19. The van der Waals surface area contributed by atoms with Crippen molar-refractivity contribution in [2.45, 2.75) is 6.61 Å². The topological polar surface area (TPSA) is 76.2 Å². The first-order chi connectivity index (χ1) is 15.9. The molecule has 2 aliphatic heterocycles. The molecule has 4 rings (SSSR count). The maximum absolute atomic E-state index is 12.8. The van der Waals surface area contributed by atoms with Crippen molar-refractivity contribution in [3.8, 4) is 5.75 Å². The molecule has 0 radical (unpaired) electrons. The first kappa shape index (κ1) is 23.6. The summed E-state index contributed by atoms with van der Waals surface area (Å²) in [7, 11) is 0. The molecule has 0 N–H and O–H groups in total. The van der Waals surface area contributed by atoms with Gasteiger partial charge in [0.25, 0.3) is 11.1 Å². The fraction of sp³-hybridized carbons (Fsp3) is 0.261. The first-order valence-corrected chi connectivity index (χ1v) is 11.8. The van der Waals surface area contributed by atoms with E-state index in [1.165, 1.54) is 0 Å². The quantitative estimate of drug-likeness (QED) is 0.538. The van der Waals surface area contributed by atoms with Gasteiger partial charge in [-0.3, -0.25) is 19.3 Å². The second-order valence-electron chi connectivity index (χ2n) is 7.36. The molecule has 3 amide bonds. The number of carbonyl (C=O) groups excluding carboxylic acids is 3. The van der Waals surface area contributed by atoms with Gasteiger partial charge in [-0.15, -0.1) is 0 Å². The van der Waals surface area contributed by atoms with Gasteiger partial charge in [-0.1, -0.05) is 41.4 Å². The van der Waals surface area contributed by atoms with Crippen LogP contribution >= 0.6 is 35.0 Å². The maximum atomic E-state index is 12.8. The van der Waals surface area contributed by atoms with E-state index in [1.54, 1.807) is 53.4 Å². The number of imide groups is 1. The Labute approximate surface area is 205 Å². The van der Waals surface area contributed by atoms with E-state index in [0.717, 1.165) is 22.2 Å². The molecule has 33 heavy (non-hydrogen) atoms. The average Bonchev–Trinajstić information content (AvgIpc) is 3.06. The summed E-state index contributed by atoms with van der Waals surface area (Å²) in [5.74, 6) is -0.166. The fourth-order valence-electron chi connectivity index (χ4n) is 3.33. The third-order valence-electron chi connectivity index (χ3n) is 5.10. The summed E-state index contributed by atoms with van der Waals surface area (Å²) in [6.07, 6.45) is 1.62. The molecule has 2 heterocycles. The molecule has 2 saturated heterocycles. The zero-order chi connectivity index (χ0) is 23.4. The zero-order valence-electron chi connectivity index (χ0n) is 17.5.